The van der Waals surface area contributed by atoms with Gasteiger partial charge in [0.15, 0.2) is 0 Å². The van der Waals surface area contributed by atoms with E-state index in [0.29, 0.717) is 12.3 Å². The van der Waals surface area contributed by atoms with E-state index in [1.807, 2.05) is 10.8 Å². The molecule has 1 saturated carbocycles. The van der Waals surface area contributed by atoms with Crippen LogP contribution in [0, 0.1) is 5.92 Å². The van der Waals surface area contributed by atoms with Gasteiger partial charge >= 0.3 is 6.03 Å². The topological polar surface area (TPSA) is 84.2 Å². The fourth-order valence-electron chi connectivity index (χ4n) is 2.02. The summed E-state index contributed by atoms with van der Waals surface area (Å²) in [6, 6.07) is -0.0663. The van der Waals surface area contributed by atoms with Crippen LogP contribution in [0.15, 0.2) is 15.2 Å². The second-order valence-electron chi connectivity index (χ2n) is 4.44. The Kier molecular flexibility index (Phi) is 4.23. The maximum Gasteiger partial charge on any atom is 0.319 e. The summed E-state index contributed by atoms with van der Waals surface area (Å²) in [5.74, 6) is 0.0470. The molecule has 98 valence electrons. The maximum atomic E-state index is 11.7. The van der Waals surface area contributed by atoms with E-state index in [4.69, 9.17) is 5.73 Å². The quantitative estimate of drug-likeness (QED) is 0.790. The van der Waals surface area contributed by atoms with Gasteiger partial charge in [-0.1, -0.05) is 0 Å². The van der Waals surface area contributed by atoms with Gasteiger partial charge in [0, 0.05) is 23.2 Å². The Hall–Kier alpha value is -1.08. The third kappa shape index (κ3) is 3.46. The molecule has 1 aliphatic rings. The largest absolute Gasteiger partial charge is 0.370 e. The Morgan fingerprint density at radius 2 is 2.17 bits per heavy atom. The van der Waals surface area contributed by atoms with Crippen LogP contribution in [-0.2, 0) is 4.79 Å². The predicted molar refractivity (Wildman–Crippen MR) is 74.5 cm³/mol. The second-order valence-corrected chi connectivity index (χ2v) is 6.03. The molecule has 18 heavy (non-hydrogen) atoms. The molecule has 4 N–H and O–H groups in total. The van der Waals surface area contributed by atoms with E-state index < -0.39 is 0 Å². The number of anilines is 1. The highest BCUT2D eigenvalue weighted by Crippen LogP contribution is 2.30. The first-order valence-electron chi connectivity index (χ1n) is 5.62. The number of rotatable bonds is 4. The zero-order chi connectivity index (χ0) is 13.1. The molecule has 0 aromatic carbocycles. The van der Waals surface area contributed by atoms with Crippen molar-refractivity contribution in [3.63, 3.8) is 0 Å². The summed E-state index contributed by atoms with van der Waals surface area (Å²) >= 11 is 4.86. The van der Waals surface area contributed by atoms with Gasteiger partial charge < -0.3 is 16.4 Å². The van der Waals surface area contributed by atoms with Gasteiger partial charge in [0.05, 0.1) is 10.2 Å². The van der Waals surface area contributed by atoms with Crippen molar-refractivity contribution < 1.29 is 9.59 Å². The molecule has 3 amide bonds. The Labute approximate surface area is 117 Å². The molecule has 5 nitrogen and oxygen atoms in total. The highest BCUT2D eigenvalue weighted by Gasteiger charge is 2.31. The molecule has 0 spiro atoms. The van der Waals surface area contributed by atoms with E-state index >= 15 is 0 Å². The molecule has 1 fully saturated rings. The van der Waals surface area contributed by atoms with Crippen molar-refractivity contribution in [2.75, 3.05) is 5.32 Å². The number of amides is 3. The van der Waals surface area contributed by atoms with Crippen LogP contribution in [-0.4, -0.2) is 18.0 Å². The van der Waals surface area contributed by atoms with Crippen LogP contribution in [0.5, 0.6) is 0 Å². The summed E-state index contributed by atoms with van der Waals surface area (Å²) in [5, 5.41) is 9.40. The molecular weight excluding hydrogens is 318 g/mol. The lowest BCUT2D eigenvalue weighted by atomic mass is 9.78. The molecule has 0 unspecified atom stereocenters. The molecule has 0 atom stereocenters. The number of nitrogens with one attached hydrogen (secondary N) is 2. The molecular formula is C11H14BrN3O2S. The normalized spacial score (nSPS) is 22.1. The Morgan fingerprint density at radius 3 is 2.72 bits per heavy atom. The minimum Gasteiger partial charge on any atom is -0.370 e. The maximum absolute atomic E-state index is 11.7. The molecule has 0 radical (unpaired) electrons. The number of primary amides is 1. The van der Waals surface area contributed by atoms with E-state index in [2.05, 4.69) is 26.6 Å². The highest BCUT2D eigenvalue weighted by atomic mass is 79.9. The summed E-state index contributed by atoms with van der Waals surface area (Å²) in [4.78, 5) is 22.4. The first kappa shape index (κ1) is 13.4. The SMILES string of the molecule is NC(=O)CC1CC(NC(=O)Nc2cscc2Br)C1. The van der Waals surface area contributed by atoms with Crippen LogP contribution in [0.25, 0.3) is 0 Å². The van der Waals surface area contributed by atoms with Crippen molar-refractivity contribution in [1.29, 1.82) is 0 Å². The molecule has 0 bridgehead atoms. The monoisotopic (exact) mass is 331 g/mol. The van der Waals surface area contributed by atoms with E-state index in [0.717, 1.165) is 23.0 Å². The molecule has 7 heteroatoms. The first-order chi connectivity index (χ1) is 8.54. The van der Waals surface area contributed by atoms with Crippen LogP contribution in [0.2, 0.25) is 0 Å². The average molecular weight is 332 g/mol. The molecule has 1 heterocycles. The van der Waals surface area contributed by atoms with Crippen molar-refractivity contribution in [3.05, 3.63) is 15.2 Å². The van der Waals surface area contributed by atoms with Crippen LogP contribution < -0.4 is 16.4 Å². The van der Waals surface area contributed by atoms with E-state index in [1.54, 1.807) is 0 Å². The first-order valence-corrected chi connectivity index (χ1v) is 7.35. The molecule has 2 rings (SSSR count). The van der Waals surface area contributed by atoms with Crippen molar-refractivity contribution in [2.45, 2.75) is 25.3 Å². The number of halogens is 1. The summed E-state index contributed by atoms with van der Waals surface area (Å²) in [5.41, 5.74) is 5.88. The molecule has 1 aromatic heterocycles. The van der Waals surface area contributed by atoms with Crippen LogP contribution in [0.1, 0.15) is 19.3 Å². The standard InChI is InChI=1S/C11H14BrN3O2S/c12-8-4-18-5-9(8)15-11(17)14-7-1-6(2-7)3-10(13)16/h4-7H,1-3H2,(H2,13,16)(H2,14,15,17). The molecule has 1 aliphatic carbocycles. The van der Waals surface area contributed by atoms with E-state index in [-0.39, 0.29) is 18.0 Å². The fraction of sp³-hybridized carbons (Fsp3) is 0.455. The number of carbonyl (C=O) groups is 2. The van der Waals surface area contributed by atoms with Gasteiger partial charge in [-0.3, -0.25) is 4.79 Å². The number of hydrogen-bond acceptors (Lipinski definition) is 3. The number of thiophene rings is 1. The lowest BCUT2D eigenvalue weighted by Gasteiger charge is -2.35. The lowest BCUT2D eigenvalue weighted by molar-refractivity contribution is -0.119. The van der Waals surface area contributed by atoms with Crippen molar-refractivity contribution in [3.8, 4) is 0 Å². The summed E-state index contributed by atoms with van der Waals surface area (Å²) in [6.45, 7) is 0. The molecule has 0 saturated heterocycles. The molecule has 1 aromatic rings. The zero-order valence-corrected chi connectivity index (χ0v) is 12.0. The Morgan fingerprint density at radius 1 is 1.44 bits per heavy atom. The van der Waals surface area contributed by atoms with Gasteiger partial charge in [0.1, 0.15) is 0 Å². The zero-order valence-electron chi connectivity index (χ0n) is 9.61. The van der Waals surface area contributed by atoms with Gasteiger partial charge in [-0.2, -0.15) is 0 Å². The predicted octanol–water partition coefficient (Wildman–Crippen LogP) is 2.29. The lowest BCUT2D eigenvalue weighted by Crippen LogP contribution is -2.46. The Balaban J connectivity index is 1.71. The number of urea groups is 1. The van der Waals surface area contributed by atoms with E-state index in [1.165, 1.54) is 11.3 Å². The average Bonchev–Trinajstić information content (AvgIpc) is 2.60. The van der Waals surface area contributed by atoms with Gasteiger partial charge in [-0.25, -0.2) is 4.79 Å². The minimum atomic E-state index is -0.273. The van der Waals surface area contributed by atoms with Crippen molar-refractivity contribution >= 4 is 44.9 Å². The van der Waals surface area contributed by atoms with Gasteiger partial charge in [0.25, 0.3) is 0 Å². The van der Waals surface area contributed by atoms with Crippen LogP contribution >= 0.6 is 27.3 Å². The summed E-state index contributed by atoms with van der Waals surface area (Å²) < 4.78 is 0.878. The smallest absolute Gasteiger partial charge is 0.319 e. The minimum absolute atomic E-state index is 0.145. The number of hydrogen-bond donors (Lipinski definition) is 3. The number of carbonyl (C=O) groups excluding carboxylic acids is 2. The van der Waals surface area contributed by atoms with E-state index in [9.17, 15) is 9.59 Å². The fourth-order valence-corrected chi connectivity index (χ4v) is 3.34. The van der Waals surface area contributed by atoms with Crippen molar-refractivity contribution in [2.24, 2.45) is 11.7 Å². The van der Waals surface area contributed by atoms with Gasteiger partial charge in [-0.15, -0.1) is 11.3 Å². The van der Waals surface area contributed by atoms with Gasteiger partial charge in [0.2, 0.25) is 5.91 Å². The second kappa shape index (κ2) is 5.71. The van der Waals surface area contributed by atoms with Crippen LogP contribution in [0.3, 0.4) is 0 Å². The third-order valence-corrected chi connectivity index (χ3v) is 4.63. The number of nitrogens with two attached hydrogens (primary N) is 1. The van der Waals surface area contributed by atoms with Crippen LogP contribution in [0.4, 0.5) is 10.5 Å². The summed E-state index contributed by atoms with van der Waals surface area (Å²) in [6.07, 6.45) is 2.05. The third-order valence-electron chi connectivity index (χ3n) is 2.92. The molecule has 0 aliphatic heterocycles. The summed E-state index contributed by atoms with van der Waals surface area (Å²) in [7, 11) is 0. The Bertz CT molecular complexity index is 457. The highest BCUT2D eigenvalue weighted by molar-refractivity contribution is 9.10. The van der Waals surface area contributed by atoms with Crippen molar-refractivity contribution in [1.82, 2.24) is 5.32 Å². The van der Waals surface area contributed by atoms with Gasteiger partial charge in [-0.05, 0) is 34.7 Å².